The Hall–Kier alpha value is -2.35. The molecule has 0 radical (unpaired) electrons. The van der Waals surface area contributed by atoms with Crippen LogP contribution < -0.4 is 15.4 Å². The lowest BCUT2D eigenvalue weighted by Gasteiger charge is -2.15. The van der Waals surface area contributed by atoms with Crippen molar-refractivity contribution < 1.29 is 22.3 Å². The van der Waals surface area contributed by atoms with Crippen molar-refractivity contribution in [2.45, 2.75) is 19.6 Å². The van der Waals surface area contributed by atoms with Gasteiger partial charge in [-0.25, -0.2) is 4.39 Å². The molecule has 0 amide bonds. The lowest BCUT2D eigenvalue weighted by atomic mass is 10.1. The average molecular weight is 372 g/mol. The number of alkyl halides is 3. The number of hydrogen-bond donors (Lipinski definition) is 2. The Balaban J connectivity index is 2.07. The molecule has 0 atom stereocenters. The van der Waals surface area contributed by atoms with E-state index in [0.717, 1.165) is 11.6 Å². The van der Waals surface area contributed by atoms with Crippen LogP contribution in [0, 0.1) is 12.7 Å². The molecule has 0 aromatic heterocycles. The normalized spacial score (nSPS) is 11.1. The van der Waals surface area contributed by atoms with E-state index in [1.165, 1.54) is 13.2 Å². The molecule has 134 valence electrons. The highest BCUT2D eigenvalue weighted by molar-refractivity contribution is 7.80. The molecule has 0 saturated heterocycles. The van der Waals surface area contributed by atoms with Crippen LogP contribution in [0.5, 0.6) is 5.75 Å². The van der Waals surface area contributed by atoms with E-state index in [0.29, 0.717) is 17.5 Å². The smallest absolute Gasteiger partial charge is 0.419 e. The molecule has 0 spiro atoms. The molecular weight excluding hydrogens is 356 g/mol. The Morgan fingerprint density at radius 3 is 2.56 bits per heavy atom. The predicted octanol–water partition coefficient (Wildman–Crippen LogP) is 4.65. The molecule has 25 heavy (non-hydrogen) atoms. The van der Waals surface area contributed by atoms with Gasteiger partial charge in [-0.3, -0.25) is 0 Å². The quantitative estimate of drug-likeness (QED) is 0.605. The first kappa shape index (κ1) is 19.0. The first-order chi connectivity index (χ1) is 11.7. The first-order valence-electron chi connectivity index (χ1n) is 7.26. The SMILES string of the molecule is COc1ccc(C)cc1NC(=S)NCc1cccc(C(F)(F)F)c1F. The van der Waals surface area contributed by atoms with E-state index in [1.807, 2.05) is 13.0 Å². The van der Waals surface area contributed by atoms with Gasteiger partial charge in [-0.05, 0) is 42.9 Å². The third kappa shape index (κ3) is 4.82. The van der Waals surface area contributed by atoms with Crippen molar-refractivity contribution in [2.75, 3.05) is 12.4 Å². The highest BCUT2D eigenvalue weighted by atomic mass is 32.1. The van der Waals surface area contributed by atoms with Gasteiger partial charge in [0.15, 0.2) is 5.11 Å². The summed E-state index contributed by atoms with van der Waals surface area (Å²) in [6, 6.07) is 8.55. The van der Waals surface area contributed by atoms with Crippen molar-refractivity contribution >= 4 is 23.0 Å². The van der Waals surface area contributed by atoms with Gasteiger partial charge in [-0.2, -0.15) is 13.2 Å². The van der Waals surface area contributed by atoms with Crippen molar-refractivity contribution in [2.24, 2.45) is 0 Å². The van der Waals surface area contributed by atoms with E-state index in [2.05, 4.69) is 10.6 Å². The second-order valence-corrected chi connectivity index (χ2v) is 5.70. The van der Waals surface area contributed by atoms with Crippen LogP contribution in [0.15, 0.2) is 36.4 Å². The zero-order valence-electron chi connectivity index (χ0n) is 13.5. The summed E-state index contributed by atoms with van der Waals surface area (Å²) in [6.07, 6.45) is -4.74. The van der Waals surface area contributed by atoms with Crippen molar-refractivity contribution in [3.05, 3.63) is 58.9 Å². The molecule has 0 heterocycles. The van der Waals surface area contributed by atoms with Gasteiger partial charge in [0.2, 0.25) is 0 Å². The predicted molar refractivity (Wildman–Crippen MR) is 92.2 cm³/mol. The van der Waals surface area contributed by atoms with Gasteiger partial charge in [0.25, 0.3) is 0 Å². The van der Waals surface area contributed by atoms with E-state index in [-0.39, 0.29) is 17.2 Å². The number of halogens is 4. The van der Waals surface area contributed by atoms with Crippen LogP contribution in [-0.2, 0) is 12.7 Å². The van der Waals surface area contributed by atoms with Crippen LogP contribution in [0.3, 0.4) is 0 Å². The third-order valence-electron chi connectivity index (χ3n) is 3.43. The Labute approximate surface area is 148 Å². The van der Waals surface area contributed by atoms with Gasteiger partial charge in [0.05, 0.1) is 18.4 Å². The molecule has 2 rings (SSSR count). The zero-order valence-corrected chi connectivity index (χ0v) is 14.3. The van der Waals surface area contributed by atoms with Crippen LogP contribution in [-0.4, -0.2) is 12.2 Å². The summed E-state index contributed by atoms with van der Waals surface area (Å²) in [7, 11) is 1.50. The fourth-order valence-electron chi connectivity index (χ4n) is 2.20. The summed E-state index contributed by atoms with van der Waals surface area (Å²) in [5.74, 6) is -0.751. The van der Waals surface area contributed by atoms with Gasteiger partial charge in [0, 0.05) is 12.1 Å². The molecule has 0 aliphatic carbocycles. The minimum Gasteiger partial charge on any atom is -0.495 e. The number of benzene rings is 2. The number of ether oxygens (including phenoxy) is 1. The van der Waals surface area contributed by atoms with Crippen molar-refractivity contribution in [1.82, 2.24) is 5.32 Å². The van der Waals surface area contributed by atoms with E-state index in [1.54, 1.807) is 12.1 Å². The summed E-state index contributed by atoms with van der Waals surface area (Å²) >= 11 is 5.11. The zero-order chi connectivity index (χ0) is 18.6. The summed E-state index contributed by atoms with van der Waals surface area (Å²) < 4.78 is 57.3. The maximum atomic E-state index is 14.0. The fourth-order valence-corrected chi connectivity index (χ4v) is 2.38. The van der Waals surface area contributed by atoms with Gasteiger partial charge in [0.1, 0.15) is 11.6 Å². The van der Waals surface area contributed by atoms with Crippen molar-refractivity contribution in [1.29, 1.82) is 0 Å². The number of hydrogen-bond acceptors (Lipinski definition) is 2. The van der Waals surface area contributed by atoms with E-state index < -0.39 is 17.6 Å². The van der Waals surface area contributed by atoms with Crippen LogP contribution >= 0.6 is 12.2 Å². The molecule has 3 nitrogen and oxygen atoms in total. The number of nitrogens with one attached hydrogen (secondary N) is 2. The second kappa shape index (κ2) is 7.69. The van der Waals surface area contributed by atoms with E-state index >= 15 is 0 Å². The molecule has 0 fully saturated rings. The van der Waals surface area contributed by atoms with E-state index in [9.17, 15) is 17.6 Å². The number of rotatable bonds is 4. The molecule has 0 unspecified atom stereocenters. The molecule has 2 N–H and O–H groups in total. The molecule has 0 bridgehead atoms. The van der Waals surface area contributed by atoms with Crippen LogP contribution in [0.2, 0.25) is 0 Å². The molecule has 8 heteroatoms. The van der Waals surface area contributed by atoms with Gasteiger partial charge >= 0.3 is 6.18 Å². The number of thiocarbonyl (C=S) groups is 1. The van der Waals surface area contributed by atoms with Crippen molar-refractivity contribution in [3.63, 3.8) is 0 Å². The topological polar surface area (TPSA) is 33.3 Å². The number of methoxy groups -OCH3 is 1. The number of aryl methyl sites for hydroxylation is 1. The lowest BCUT2D eigenvalue weighted by Crippen LogP contribution is -2.28. The van der Waals surface area contributed by atoms with Crippen molar-refractivity contribution in [3.8, 4) is 5.75 Å². The summed E-state index contributed by atoms with van der Waals surface area (Å²) in [5.41, 5.74) is 0.140. The lowest BCUT2D eigenvalue weighted by molar-refractivity contribution is -0.140. The molecule has 2 aromatic rings. The van der Waals surface area contributed by atoms with Gasteiger partial charge in [-0.15, -0.1) is 0 Å². The fraction of sp³-hybridized carbons (Fsp3) is 0.235. The minimum atomic E-state index is -4.74. The standard InChI is InChI=1S/C17H16F4N2OS/c1-10-6-7-14(24-2)13(8-10)23-16(25)22-9-11-4-3-5-12(15(11)18)17(19,20)21/h3-8H,9H2,1-2H3,(H2,22,23,25). The molecule has 0 aliphatic rings. The molecule has 0 aliphatic heterocycles. The molecule has 2 aromatic carbocycles. The first-order valence-corrected chi connectivity index (χ1v) is 7.67. The van der Waals surface area contributed by atoms with Gasteiger partial charge in [-0.1, -0.05) is 18.2 Å². The average Bonchev–Trinajstić information content (AvgIpc) is 2.53. The Morgan fingerprint density at radius 2 is 1.92 bits per heavy atom. The van der Waals surface area contributed by atoms with E-state index in [4.69, 9.17) is 17.0 Å². The monoisotopic (exact) mass is 372 g/mol. The summed E-state index contributed by atoms with van der Waals surface area (Å²) in [6.45, 7) is 1.70. The highest BCUT2D eigenvalue weighted by Gasteiger charge is 2.34. The van der Waals surface area contributed by atoms with Crippen LogP contribution in [0.4, 0.5) is 23.2 Å². The largest absolute Gasteiger partial charge is 0.495 e. The number of anilines is 1. The Kier molecular flexibility index (Phi) is 5.84. The highest BCUT2D eigenvalue weighted by Crippen LogP contribution is 2.32. The Morgan fingerprint density at radius 1 is 1.20 bits per heavy atom. The maximum absolute atomic E-state index is 14.0. The minimum absolute atomic E-state index is 0.129. The second-order valence-electron chi connectivity index (χ2n) is 5.29. The molecule has 0 saturated carbocycles. The summed E-state index contributed by atoms with van der Waals surface area (Å²) in [5, 5.41) is 5.72. The van der Waals surface area contributed by atoms with Crippen LogP contribution in [0.1, 0.15) is 16.7 Å². The maximum Gasteiger partial charge on any atom is 0.419 e. The van der Waals surface area contributed by atoms with Gasteiger partial charge < -0.3 is 15.4 Å². The summed E-state index contributed by atoms with van der Waals surface area (Å²) in [4.78, 5) is 0. The molecular formula is C17H16F4N2OS. The van der Waals surface area contributed by atoms with Crippen LogP contribution in [0.25, 0.3) is 0 Å². The Bertz CT molecular complexity index is 778. The third-order valence-corrected chi connectivity index (χ3v) is 3.67.